The summed E-state index contributed by atoms with van der Waals surface area (Å²) < 4.78 is 15.2. The highest BCUT2D eigenvalue weighted by Gasteiger charge is 2.28. The van der Waals surface area contributed by atoms with Crippen molar-refractivity contribution in [1.29, 1.82) is 0 Å². The van der Waals surface area contributed by atoms with Gasteiger partial charge in [-0.2, -0.15) is 5.10 Å². The maximum absolute atomic E-state index is 13.6. The van der Waals surface area contributed by atoms with Crippen LogP contribution in [0.15, 0.2) is 54.6 Å². The Morgan fingerprint density at radius 1 is 1.05 bits per heavy atom. The van der Waals surface area contributed by atoms with Gasteiger partial charge in [-0.1, -0.05) is 44.2 Å². The molecule has 3 rings (SSSR count). The molecule has 37 heavy (non-hydrogen) atoms. The third kappa shape index (κ3) is 7.47. The number of carbonyl (C=O) groups is 2. The first-order chi connectivity index (χ1) is 17.6. The zero-order chi connectivity index (χ0) is 27.1. The summed E-state index contributed by atoms with van der Waals surface area (Å²) in [5, 5.41) is 35.7. The molecule has 1 amide bonds. The lowest BCUT2D eigenvalue weighted by Gasteiger charge is -2.19. The predicted octanol–water partition coefficient (Wildman–Crippen LogP) is 2.59. The van der Waals surface area contributed by atoms with E-state index in [0.29, 0.717) is 24.3 Å². The van der Waals surface area contributed by atoms with Crippen molar-refractivity contribution >= 4 is 11.9 Å². The van der Waals surface area contributed by atoms with E-state index in [-0.39, 0.29) is 30.4 Å². The van der Waals surface area contributed by atoms with E-state index in [1.165, 1.54) is 12.1 Å². The zero-order valence-corrected chi connectivity index (χ0v) is 21.3. The standard InChI is InChI=1S/C28H34FN3O5/c1-18(2)26-24(14-13-22(33)15-23(34)16-25(35)36)32(21-11-9-20(29)10-12-21)30-27(26)28(37)31(3)17-19-7-5-4-6-8-19/h4-12,18,22-23,33-34H,13-17H2,1-3H3,(H,35,36)/p-1/t22-,23-/m1/s1. The zero-order valence-electron chi connectivity index (χ0n) is 21.3. The second-order valence-electron chi connectivity index (χ2n) is 9.56. The maximum atomic E-state index is 13.6. The minimum atomic E-state index is -1.39. The lowest BCUT2D eigenvalue weighted by atomic mass is 9.95. The number of hydrogen-bond donors (Lipinski definition) is 2. The van der Waals surface area contributed by atoms with Crippen LogP contribution < -0.4 is 5.11 Å². The minimum absolute atomic E-state index is 0.0888. The van der Waals surface area contributed by atoms with E-state index in [1.807, 2.05) is 44.2 Å². The van der Waals surface area contributed by atoms with Crippen LogP contribution in [-0.2, 0) is 17.8 Å². The van der Waals surface area contributed by atoms with Gasteiger partial charge in [0.1, 0.15) is 5.82 Å². The summed E-state index contributed by atoms with van der Waals surface area (Å²) in [7, 11) is 1.71. The van der Waals surface area contributed by atoms with Gasteiger partial charge in [-0.3, -0.25) is 4.79 Å². The molecule has 0 unspecified atom stereocenters. The van der Waals surface area contributed by atoms with Crippen molar-refractivity contribution in [3.63, 3.8) is 0 Å². The highest BCUT2D eigenvalue weighted by atomic mass is 19.1. The molecule has 198 valence electrons. The molecule has 0 aliphatic rings. The van der Waals surface area contributed by atoms with Gasteiger partial charge >= 0.3 is 0 Å². The molecular weight excluding hydrogens is 477 g/mol. The number of halogens is 1. The Bertz CT molecular complexity index is 1190. The molecule has 0 aliphatic carbocycles. The molecule has 0 aliphatic heterocycles. The number of benzene rings is 2. The van der Waals surface area contributed by atoms with Crippen LogP contribution in [0.3, 0.4) is 0 Å². The number of carbonyl (C=O) groups excluding carboxylic acids is 2. The summed E-state index contributed by atoms with van der Waals surface area (Å²) >= 11 is 0. The first kappa shape index (κ1) is 28.0. The van der Waals surface area contributed by atoms with E-state index in [4.69, 9.17) is 0 Å². The number of aliphatic hydroxyl groups is 2. The third-order valence-electron chi connectivity index (χ3n) is 6.14. The summed E-state index contributed by atoms with van der Waals surface area (Å²) in [5.41, 5.74) is 3.22. The fourth-order valence-corrected chi connectivity index (χ4v) is 4.39. The molecule has 0 bridgehead atoms. The highest BCUT2D eigenvalue weighted by molar-refractivity contribution is 5.94. The first-order valence-corrected chi connectivity index (χ1v) is 12.3. The van der Waals surface area contributed by atoms with Crippen molar-refractivity contribution in [3.8, 4) is 5.69 Å². The number of aliphatic hydroxyl groups excluding tert-OH is 2. The summed E-state index contributed by atoms with van der Waals surface area (Å²) in [6.45, 7) is 4.29. The Hall–Kier alpha value is -3.56. The van der Waals surface area contributed by atoms with E-state index in [0.717, 1.165) is 11.1 Å². The molecular formula is C28H33FN3O5-. The van der Waals surface area contributed by atoms with E-state index >= 15 is 0 Å². The molecule has 0 spiro atoms. The van der Waals surface area contributed by atoms with Gasteiger partial charge in [-0.05, 0) is 55.0 Å². The molecule has 0 radical (unpaired) electrons. The molecule has 9 heteroatoms. The molecule has 1 heterocycles. The summed E-state index contributed by atoms with van der Waals surface area (Å²) in [4.78, 5) is 25.9. The van der Waals surface area contributed by atoms with Crippen LogP contribution in [0.25, 0.3) is 5.69 Å². The molecule has 2 aromatic carbocycles. The molecule has 3 aromatic rings. The van der Waals surface area contributed by atoms with E-state index < -0.39 is 30.4 Å². The van der Waals surface area contributed by atoms with Crippen LogP contribution in [0.2, 0.25) is 0 Å². The summed E-state index contributed by atoms with van der Waals surface area (Å²) in [6, 6.07) is 15.3. The van der Waals surface area contributed by atoms with Gasteiger partial charge < -0.3 is 25.0 Å². The van der Waals surface area contributed by atoms with Crippen molar-refractivity contribution in [2.24, 2.45) is 0 Å². The lowest BCUT2D eigenvalue weighted by molar-refractivity contribution is -0.307. The number of nitrogens with zero attached hydrogens (tertiary/aromatic N) is 3. The van der Waals surface area contributed by atoms with Crippen molar-refractivity contribution in [2.45, 2.75) is 64.2 Å². The van der Waals surface area contributed by atoms with Crippen LogP contribution in [0.1, 0.15) is 66.3 Å². The van der Waals surface area contributed by atoms with Crippen molar-refractivity contribution < 1.29 is 29.3 Å². The molecule has 8 nitrogen and oxygen atoms in total. The summed E-state index contributed by atoms with van der Waals surface area (Å²) in [5.74, 6) is -2.15. The Morgan fingerprint density at radius 2 is 1.70 bits per heavy atom. The number of hydrogen-bond acceptors (Lipinski definition) is 6. The molecule has 0 fully saturated rings. The monoisotopic (exact) mass is 510 g/mol. The fourth-order valence-electron chi connectivity index (χ4n) is 4.39. The average Bonchev–Trinajstić information content (AvgIpc) is 3.22. The number of rotatable bonds is 12. The van der Waals surface area contributed by atoms with E-state index in [1.54, 1.807) is 28.8 Å². The second kappa shape index (κ2) is 12.6. The Balaban J connectivity index is 1.95. The van der Waals surface area contributed by atoms with E-state index in [2.05, 4.69) is 5.10 Å². The number of aliphatic carboxylic acids is 1. The van der Waals surface area contributed by atoms with Crippen molar-refractivity contribution in [1.82, 2.24) is 14.7 Å². The topological polar surface area (TPSA) is 119 Å². The molecule has 0 saturated heterocycles. The first-order valence-electron chi connectivity index (χ1n) is 12.3. The molecule has 2 N–H and O–H groups in total. The van der Waals surface area contributed by atoms with Crippen molar-refractivity contribution in [3.05, 3.63) is 82.9 Å². The van der Waals surface area contributed by atoms with E-state index in [9.17, 15) is 29.3 Å². The van der Waals surface area contributed by atoms with Gasteiger partial charge in [-0.15, -0.1) is 0 Å². The normalized spacial score (nSPS) is 12.9. The van der Waals surface area contributed by atoms with Gasteiger partial charge in [0.05, 0.1) is 17.9 Å². The maximum Gasteiger partial charge on any atom is 0.274 e. The number of aromatic nitrogens is 2. The molecule has 1 aromatic heterocycles. The average molecular weight is 511 g/mol. The fraction of sp³-hybridized carbons (Fsp3) is 0.393. The smallest absolute Gasteiger partial charge is 0.274 e. The number of carboxylic acids is 1. The summed E-state index contributed by atoms with van der Waals surface area (Å²) in [6.07, 6.45) is -2.40. The van der Waals surface area contributed by atoms with Gasteiger partial charge in [0, 0.05) is 37.2 Å². The second-order valence-corrected chi connectivity index (χ2v) is 9.56. The van der Waals surface area contributed by atoms with Crippen LogP contribution in [-0.4, -0.2) is 56.0 Å². The van der Waals surface area contributed by atoms with Gasteiger partial charge in [0.25, 0.3) is 5.91 Å². The predicted molar refractivity (Wildman–Crippen MR) is 134 cm³/mol. The van der Waals surface area contributed by atoms with Gasteiger partial charge in [0.2, 0.25) is 0 Å². The van der Waals surface area contributed by atoms with Gasteiger partial charge in [0.15, 0.2) is 5.69 Å². The van der Waals surface area contributed by atoms with Crippen molar-refractivity contribution in [2.75, 3.05) is 7.05 Å². The van der Waals surface area contributed by atoms with Crippen LogP contribution in [0.4, 0.5) is 4.39 Å². The Kier molecular flexibility index (Phi) is 9.54. The van der Waals surface area contributed by atoms with Crippen LogP contribution in [0, 0.1) is 5.82 Å². The molecule has 0 saturated carbocycles. The number of amides is 1. The largest absolute Gasteiger partial charge is 0.550 e. The Morgan fingerprint density at radius 3 is 2.30 bits per heavy atom. The quantitative estimate of drug-likeness (QED) is 0.387. The van der Waals surface area contributed by atoms with Gasteiger partial charge in [-0.25, -0.2) is 9.07 Å². The molecule has 2 atom stereocenters. The Labute approximate surface area is 216 Å². The van der Waals surface area contributed by atoms with Crippen LogP contribution >= 0.6 is 0 Å². The SMILES string of the molecule is CC(C)c1c(C(=O)N(C)Cc2ccccc2)nn(-c2ccc(F)cc2)c1CC[C@@H](O)C[C@@H](O)CC(=O)[O-]. The highest BCUT2D eigenvalue weighted by Crippen LogP contribution is 2.29. The lowest BCUT2D eigenvalue weighted by Crippen LogP contribution is -2.29. The van der Waals surface area contributed by atoms with Crippen LogP contribution in [0.5, 0.6) is 0 Å². The minimum Gasteiger partial charge on any atom is -0.550 e. The third-order valence-corrected chi connectivity index (χ3v) is 6.14. The number of carboxylic acid groups (broad SMARTS) is 1.